The molecule has 6 rings (SSSR count). The van der Waals surface area contributed by atoms with Crippen molar-refractivity contribution in [1.29, 1.82) is 0 Å². The molecule has 2 aliphatic rings. The van der Waals surface area contributed by atoms with E-state index in [0.29, 0.717) is 48.0 Å². The van der Waals surface area contributed by atoms with Crippen molar-refractivity contribution in [2.45, 2.75) is 18.6 Å². The first-order valence-corrected chi connectivity index (χ1v) is 14.1. The van der Waals surface area contributed by atoms with Gasteiger partial charge in [-0.3, -0.25) is 4.79 Å². The number of ether oxygens (including phenoxy) is 1. The molecule has 0 aliphatic carbocycles. The van der Waals surface area contributed by atoms with E-state index in [2.05, 4.69) is 9.38 Å². The quantitative estimate of drug-likeness (QED) is 0.423. The van der Waals surface area contributed by atoms with Gasteiger partial charge >= 0.3 is 0 Å². The molecular formula is C28H27N5O4S. The zero-order valence-corrected chi connectivity index (χ0v) is 21.5. The molecule has 194 valence electrons. The van der Waals surface area contributed by atoms with Gasteiger partial charge in [0.2, 0.25) is 0 Å². The molecule has 2 aromatic heterocycles. The van der Waals surface area contributed by atoms with Crippen LogP contribution in [-0.2, 0) is 15.8 Å². The maximum atomic E-state index is 13.5. The zero-order chi connectivity index (χ0) is 26.3. The molecule has 0 spiro atoms. The van der Waals surface area contributed by atoms with Gasteiger partial charge in [-0.2, -0.15) is 0 Å². The minimum atomic E-state index is -3.61. The van der Waals surface area contributed by atoms with Crippen molar-refractivity contribution >= 4 is 32.7 Å². The van der Waals surface area contributed by atoms with Gasteiger partial charge in [-0.15, -0.1) is 4.40 Å². The van der Waals surface area contributed by atoms with Gasteiger partial charge in [0.1, 0.15) is 17.4 Å². The average molecular weight is 530 g/mol. The van der Waals surface area contributed by atoms with Gasteiger partial charge in [-0.1, -0.05) is 30.3 Å². The summed E-state index contributed by atoms with van der Waals surface area (Å²) in [6.07, 6.45) is 5.43. The number of fused-ring (bicyclic) bond motifs is 2. The number of rotatable bonds is 5. The summed E-state index contributed by atoms with van der Waals surface area (Å²) >= 11 is 0. The molecule has 4 aromatic rings. The molecule has 2 N–H and O–H groups in total. The van der Waals surface area contributed by atoms with Gasteiger partial charge < -0.3 is 19.9 Å². The molecule has 10 heteroatoms. The minimum Gasteiger partial charge on any atom is -0.492 e. The lowest BCUT2D eigenvalue weighted by Gasteiger charge is -2.33. The first-order chi connectivity index (χ1) is 18.4. The van der Waals surface area contributed by atoms with E-state index in [-0.39, 0.29) is 23.4 Å². The van der Waals surface area contributed by atoms with Crippen molar-refractivity contribution in [2.75, 3.05) is 19.7 Å². The third kappa shape index (κ3) is 4.63. The Kier molecular flexibility index (Phi) is 6.11. The Morgan fingerprint density at radius 1 is 1.11 bits per heavy atom. The lowest BCUT2D eigenvalue weighted by molar-refractivity contribution is 0.0633. The number of hydrogen-bond acceptors (Lipinski definition) is 6. The Bertz CT molecular complexity index is 1680. The topological polar surface area (TPSA) is 120 Å². The third-order valence-corrected chi connectivity index (χ3v) is 8.21. The average Bonchev–Trinajstić information content (AvgIpc) is 3.35. The number of hydrogen-bond donors (Lipinski definition) is 1. The number of likely N-dealkylation sites (tertiary alicyclic amines) is 1. The van der Waals surface area contributed by atoms with Crippen LogP contribution >= 0.6 is 0 Å². The fraction of sp³-hybridized carbons (Fsp3) is 0.250. The SMILES string of the molecule is NC1=NS(=O)(=O)Cc2cccc(OC[C@H]3CCCN(C(=O)c4ccnc(-n5ccc6ccccc65)c4)C3)c21. The maximum absolute atomic E-state index is 13.5. The Balaban J connectivity index is 1.16. The maximum Gasteiger partial charge on any atom is 0.259 e. The number of carbonyl (C=O) groups excluding carboxylic acids is 1. The van der Waals surface area contributed by atoms with Gasteiger partial charge in [-0.25, -0.2) is 13.4 Å². The summed E-state index contributed by atoms with van der Waals surface area (Å²) in [5, 5.41) is 1.11. The molecule has 2 aliphatic heterocycles. The number of pyridine rings is 1. The summed E-state index contributed by atoms with van der Waals surface area (Å²) in [5.74, 6) is 1.06. The van der Waals surface area contributed by atoms with E-state index in [1.54, 1.807) is 30.5 Å². The highest BCUT2D eigenvalue weighted by Crippen LogP contribution is 2.29. The molecule has 2 aromatic carbocycles. The van der Waals surface area contributed by atoms with E-state index in [0.717, 1.165) is 23.7 Å². The second kappa shape index (κ2) is 9.60. The number of aromatic nitrogens is 2. The van der Waals surface area contributed by atoms with Crippen LogP contribution in [0.3, 0.4) is 0 Å². The van der Waals surface area contributed by atoms with Gasteiger partial charge in [0, 0.05) is 37.0 Å². The highest BCUT2D eigenvalue weighted by atomic mass is 32.2. The van der Waals surface area contributed by atoms with Gasteiger partial charge in [0.25, 0.3) is 15.9 Å². The molecule has 4 heterocycles. The van der Waals surface area contributed by atoms with Crippen LogP contribution in [0.1, 0.15) is 34.3 Å². The minimum absolute atomic E-state index is 0.0338. The highest BCUT2D eigenvalue weighted by molar-refractivity contribution is 7.89. The van der Waals surface area contributed by atoms with Crippen LogP contribution in [0.15, 0.2) is 77.5 Å². The van der Waals surface area contributed by atoms with Gasteiger partial charge in [0.15, 0.2) is 0 Å². The van der Waals surface area contributed by atoms with Crippen molar-refractivity contribution in [3.05, 3.63) is 89.7 Å². The summed E-state index contributed by atoms with van der Waals surface area (Å²) in [6, 6.07) is 18.9. The van der Waals surface area contributed by atoms with E-state index in [4.69, 9.17) is 10.5 Å². The van der Waals surface area contributed by atoms with Crippen LogP contribution in [0.25, 0.3) is 16.7 Å². The molecule has 1 atom stereocenters. The predicted molar refractivity (Wildman–Crippen MR) is 145 cm³/mol. The van der Waals surface area contributed by atoms with E-state index in [9.17, 15) is 13.2 Å². The molecule has 9 nitrogen and oxygen atoms in total. The number of benzene rings is 2. The van der Waals surface area contributed by atoms with Crippen LogP contribution < -0.4 is 10.5 Å². The van der Waals surface area contributed by atoms with Gasteiger partial charge in [0.05, 0.1) is 23.4 Å². The molecular weight excluding hydrogens is 502 g/mol. The lowest BCUT2D eigenvalue weighted by atomic mass is 9.98. The summed E-state index contributed by atoms with van der Waals surface area (Å²) in [4.78, 5) is 19.8. The van der Waals surface area contributed by atoms with Crippen molar-refractivity contribution < 1.29 is 17.9 Å². The largest absolute Gasteiger partial charge is 0.492 e. The Labute approximate surface area is 220 Å². The predicted octanol–water partition coefficient (Wildman–Crippen LogP) is 3.51. The Hall–Kier alpha value is -4.18. The van der Waals surface area contributed by atoms with E-state index in [1.807, 2.05) is 52.1 Å². The number of piperidine rings is 1. The second-order valence-corrected chi connectivity index (χ2v) is 11.3. The van der Waals surface area contributed by atoms with Crippen LogP contribution in [0.4, 0.5) is 0 Å². The number of nitrogens with two attached hydrogens (primary N) is 1. The molecule has 38 heavy (non-hydrogen) atoms. The van der Waals surface area contributed by atoms with Crippen LogP contribution in [0, 0.1) is 5.92 Å². The van der Waals surface area contributed by atoms with Crippen molar-refractivity contribution in [3.63, 3.8) is 0 Å². The molecule has 1 amide bonds. The molecule has 0 unspecified atom stereocenters. The van der Waals surface area contributed by atoms with Crippen LogP contribution in [0.5, 0.6) is 5.75 Å². The van der Waals surface area contributed by atoms with E-state index >= 15 is 0 Å². The summed E-state index contributed by atoms with van der Waals surface area (Å²) in [6.45, 7) is 1.63. The summed E-state index contributed by atoms with van der Waals surface area (Å²) in [5.41, 5.74) is 8.71. The summed E-state index contributed by atoms with van der Waals surface area (Å²) < 4.78 is 35.7. The number of para-hydroxylation sites is 1. The van der Waals surface area contributed by atoms with Crippen molar-refractivity contribution in [3.8, 4) is 11.6 Å². The van der Waals surface area contributed by atoms with Crippen molar-refractivity contribution in [1.82, 2.24) is 14.5 Å². The molecule has 1 saturated heterocycles. The van der Waals surface area contributed by atoms with E-state index in [1.165, 1.54) is 0 Å². The Morgan fingerprint density at radius 3 is 2.87 bits per heavy atom. The standard InChI is InChI=1S/C28H27N5O4S/c29-27-26-22(18-38(35,36)31-27)7-3-9-24(26)37-17-19-5-4-13-32(16-19)28(34)21-10-12-30-25(15-21)33-14-11-20-6-1-2-8-23(20)33/h1-3,6-12,14-15,19H,4-5,13,16-18H2,(H2,29,31)/t19-/m0/s1. The monoisotopic (exact) mass is 529 g/mol. The number of nitrogens with zero attached hydrogens (tertiary/aromatic N) is 4. The molecule has 0 radical (unpaired) electrons. The van der Waals surface area contributed by atoms with Gasteiger partial charge in [-0.05, 0) is 54.1 Å². The molecule has 0 saturated carbocycles. The van der Waals surface area contributed by atoms with Crippen molar-refractivity contribution in [2.24, 2.45) is 16.0 Å². The molecule has 1 fully saturated rings. The van der Waals surface area contributed by atoms with E-state index < -0.39 is 10.0 Å². The first-order valence-electron chi connectivity index (χ1n) is 12.5. The smallest absolute Gasteiger partial charge is 0.259 e. The van der Waals surface area contributed by atoms with Crippen LogP contribution in [-0.4, -0.2) is 54.3 Å². The normalized spacial score (nSPS) is 18.6. The summed E-state index contributed by atoms with van der Waals surface area (Å²) in [7, 11) is -3.61. The first kappa shape index (κ1) is 24.2. The zero-order valence-electron chi connectivity index (χ0n) is 20.7. The number of carbonyl (C=O) groups is 1. The number of sulfonamides is 1. The fourth-order valence-electron chi connectivity index (χ4n) is 5.27. The molecule has 0 bridgehead atoms. The lowest BCUT2D eigenvalue weighted by Crippen LogP contribution is -2.41. The highest BCUT2D eigenvalue weighted by Gasteiger charge is 2.28. The number of amides is 1. The fourth-order valence-corrected chi connectivity index (χ4v) is 6.36. The van der Waals surface area contributed by atoms with Crippen LogP contribution in [0.2, 0.25) is 0 Å². The third-order valence-electron chi connectivity index (χ3n) is 7.06. The second-order valence-electron chi connectivity index (χ2n) is 9.71. The number of amidine groups is 1. The Morgan fingerprint density at radius 2 is 1.97 bits per heavy atom.